The van der Waals surface area contributed by atoms with Gasteiger partial charge in [0.1, 0.15) is 5.76 Å². The van der Waals surface area contributed by atoms with Crippen molar-refractivity contribution in [1.29, 1.82) is 0 Å². The molecule has 1 amide bonds. The Morgan fingerprint density at radius 3 is 2.30 bits per heavy atom. The van der Waals surface area contributed by atoms with Crippen molar-refractivity contribution >= 4 is 33.4 Å². The fraction of sp³-hybridized carbons (Fsp3) is 0.238. The van der Waals surface area contributed by atoms with Crippen molar-refractivity contribution in [3.63, 3.8) is 0 Å². The van der Waals surface area contributed by atoms with Gasteiger partial charge in [-0.1, -0.05) is 57.9 Å². The quantitative estimate of drug-likeness (QED) is 0.432. The summed E-state index contributed by atoms with van der Waals surface area (Å²) in [5.74, 6) is -1.56. The summed E-state index contributed by atoms with van der Waals surface area (Å²) >= 11 is 3.38. The fourth-order valence-electron chi connectivity index (χ4n) is 3.21. The first-order chi connectivity index (χ1) is 12.9. The molecule has 0 unspecified atom stereocenters. The van der Waals surface area contributed by atoms with Crippen LogP contribution < -0.4 is 0 Å². The van der Waals surface area contributed by atoms with Crippen LogP contribution in [0, 0.1) is 6.92 Å². The molecule has 0 aromatic heterocycles. The summed E-state index contributed by atoms with van der Waals surface area (Å²) in [5, 5.41) is 20.0. The van der Waals surface area contributed by atoms with Crippen LogP contribution in [0.5, 0.6) is 0 Å². The molecule has 2 aromatic carbocycles. The number of aryl methyl sites for hydroxylation is 1. The van der Waals surface area contributed by atoms with Crippen LogP contribution in [-0.4, -0.2) is 40.0 Å². The Morgan fingerprint density at radius 2 is 1.70 bits per heavy atom. The zero-order chi connectivity index (χ0) is 19.6. The first-order valence-electron chi connectivity index (χ1n) is 8.66. The Labute approximate surface area is 166 Å². The first kappa shape index (κ1) is 19.3. The molecule has 1 saturated heterocycles. The Hall–Kier alpha value is -2.44. The Morgan fingerprint density at radius 1 is 1.07 bits per heavy atom. The van der Waals surface area contributed by atoms with Gasteiger partial charge in [-0.05, 0) is 31.0 Å². The van der Waals surface area contributed by atoms with E-state index in [0.717, 1.165) is 15.6 Å². The molecule has 3 rings (SSSR count). The van der Waals surface area contributed by atoms with E-state index in [4.69, 9.17) is 5.11 Å². The number of benzene rings is 2. The number of aliphatic hydroxyl groups is 2. The maximum absolute atomic E-state index is 12.7. The second kappa shape index (κ2) is 8.06. The molecule has 0 bridgehead atoms. The number of ketones is 1. The highest BCUT2D eigenvalue weighted by Gasteiger charge is 2.45. The number of carbonyl (C=O) groups is 2. The Balaban J connectivity index is 2.14. The number of aliphatic hydroxyl groups excluding tert-OH is 2. The largest absolute Gasteiger partial charge is 0.507 e. The topological polar surface area (TPSA) is 77.8 Å². The molecule has 27 heavy (non-hydrogen) atoms. The summed E-state index contributed by atoms with van der Waals surface area (Å²) in [5.41, 5.74) is 2.32. The highest BCUT2D eigenvalue weighted by Crippen LogP contribution is 2.39. The van der Waals surface area contributed by atoms with E-state index in [9.17, 15) is 14.7 Å². The van der Waals surface area contributed by atoms with Crippen molar-refractivity contribution in [2.24, 2.45) is 0 Å². The Kier molecular flexibility index (Phi) is 5.77. The van der Waals surface area contributed by atoms with Gasteiger partial charge in [0.15, 0.2) is 0 Å². The number of hydrogen-bond donors (Lipinski definition) is 2. The third-order valence-corrected chi connectivity index (χ3v) is 5.14. The second-order valence-corrected chi connectivity index (χ2v) is 7.40. The van der Waals surface area contributed by atoms with E-state index in [0.29, 0.717) is 12.0 Å². The SMILES string of the molecule is Cc1ccc(/C(O)=C2\C(=O)C(=O)N(CCCO)[C@H]2c2ccc(Br)cc2)cc1. The molecule has 0 spiro atoms. The van der Waals surface area contributed by atoms with Gasteiger partial charge >= 0.3 is 0 Å². The van der Waals surface area contributed by atoms with Gasteiger partial charge in [-0.15, -0.1) is 0 Å². The molecule has 2 aromatic rings. The van der Waals surface area contributed by atoms with Gasteiger partial charge in [0.25, 0.3) is 11.7 Å². The summed E-state index contributed by atoms with van der Waals surface area (Å²) in [7, 11) is 0. The van der Waals surface area contributed by atoms with Crippen molar-refractivity contribution in [2.45, 2.75) is 19.4 Å². The average molecular weight is 430 g/mol. The number of carbonyl (C=O) groups excluding carboxylic acids is 2. The van der Waals surface area contributed by atoms with Crippen molar-refractivity contribution in [3.05, 3.63) is 75.3 Å². The number of hydrogen-bond acceptors (Lipinski definition) is 4. The maximum Gasteiger partial charge on any atom is 0.295 e. The van der Waals surface area contributed by atoms with Crippen molar-refractivity contribution in [2.75, 3.05) is 13.2 Å². The molecule has 0 aliphatic carbocycles. The summed E-state index contributed by atoms with van der Waals surface area (Å²) in [6.07, 6.45) is 0.352. The van der Waals surface area contributed by atoms with Crippen LogP contribution in [0.1, 0.15) is 29.2 Å². The maximum atomic E-state index is 12.7. The second-order valence-electron chi connectivity index (χ2n) is 6.49. The van der Waals surface area contributed by atoms with Crippen LogP contribution in [-0.2, 0) is 9.59 Å². The van der Waals surface area contributed by atoms with Crippen molar-refractivity contribution in [3.8, 4) is 0 Å². The molecule has 1 aliphatic heterocycles. The molecule has 2 N–H and O–H groups in total. The van der Waals surface area contributed by atoms with Gasteiger partial charge in [-0.3, -0.25) is 9.59 Å². The van der Waals surface area contributed by atoms with E-state index in [1.807, 2.05) is 43.3 Å². The summed E-state index contributed by atoms with van der Waals surface area (Å²) in [6, 6.07) is 13.7. The van der Waals surface area contributed by atoms with E-state index in [2.05, 4.69) is 15.9 Å². The zero-order valence-electron chi connectivity index (χ0n) is 14.9. The average Bonchev–Trinajstić information content (AvgIpc) is 2.91. The molecular weight excluding hydrogens is 410 g/mol. The minimum atomic E-state index is -0.709. The molecule has 1 fully saturated rings. The number of likely N-dealkylation sites (tertiary alicyclic amines) is 1. The third kappa shape index (κ3) is 3.82. The molecule has 1 atom stereocenters. The minimum Gasteiger partial charge on any atom is -0.507 e. The normalized spacial score (nSPS) is 18.9. The molecule has 0 saturated carbocycles. The Bertz CT molecular complexity index is 887. The monoisotopic (exact) mass is 429 g/mol. The van der Waals surface area contributed by atoms with Gasteiger partial charge in [-0.2, -0.15) is 0 Å². The summed E-state index contributed by atoms with van der Waals surface area (Å²) in [6.45, 7) is 2.07. The lowest BCUT2D eigenvalue weighted by atomic mass is 9.95. The standard InChI is InChI=1S/C21H20BrNO4/c1-13-3-5-15(6-4-13)19(25)17-18(14-7-9-16(22)10-8-14)23(11-2-12-24)21(27)20(17)26/h3-10,18,24-25H,2,11-12H2,1H3/b19-17+/t18-/m0/s1. The van der Waals surface area contributed by atoms with Crippen LogP contribution in [0.4, 0.5) is 0 Å². The predicted molar refractivity (Wildman–Crippen MR) is 106 cm³/mol. The molecule has 1 heterocycles. The molecule has 140 valence electrons. The number of rotatable bonds is 5. The van der Waals surface area contributed by atoms with Crippen molar-refractivity contribution in [1.82, 2.24) is 4.90 Å². The molecule has 0 radical (unpaired) electrons. The number of halogens is 1. The molecular formula is C21H20BrNO4. The van der Waals surface area contributed by atoms with Gasteiger partial charge < -0.3 is 15.1 Å². The van der Waals surface area contributed by atoms with Gasteiger partial charge in [0.05, 0.1) is 11.6 Å². The lowest BCUT2D eigenvalue weighted by molar-refractivity contribution is -0.140. The molecule has 6 heteroatoms. The van der Waals surface area contributed by atoms with E-state index in [1.165, 1.54) is 4.90 Å². The summed E-state index contributed by atoms with van der Waals surface area (Å²) < 4.78 is 0.872. The van der Waals surface area contributed by atoms with Crippen LogP contribution in [0.3, 0.4) is 0 Å². The van der Waals surface area contributed by atoms with Crippen molar-refractivity contribution < 1.29 is 19.8 Å². The highest BCUT2D eigenvalue weighted by molar-refractivity contribution is 9.10. The van der Waals surface area contributed by atoms with Gasteiger partial charge in [-0.25, -0.2) is 0 Å². The first-order valence-corrected chi connectivity index (χ1v) is 9.45. The number of amides is 1. The third-order valence-electron chi connectivity index (χ3n) is 4.61. The molecule has 1 aliphatic rings. The molecule has 5 nitrogen and oxygen atoms in total. The smallest absolute Gasteiger partial charge is 0.295 e. The van der Waals surface area contributed by atoms with Gasteiger partial charge in [0.2, 0.25) is 0 Å². The van der Waals surface area contributed by atoms with E-state index in [-0.39, 0.29) is 24.5 Å². The zero-order valence-corrected chi connectivity index (χ0v) is 16.4. The van der Waals surface area contributed by atoms with Crippen LogP contribution >= 0.6 is 15.9 Å². The van der Waals surface area contributed by atoms with E-state index >= 15 is 0 Å². The van der Waals surface area contributed by atoms with Gasteiger partial charge in [0, 0.05) is 23.2 Å². The lowest BCUT2D eigenvalue weighted by Gasteiger charge is -2.25. The van der Waals surface area contributed by atoms with E-state index in [1.54, 1.807) is 12.1 Å². The highest BCUT2D eigenvalue weighted by atomic mass is 79.9. The van der Waals surface area contributed by atoms with Crippen LogP contribution in [0.2, 0.25) is 0 Å². The number of nitrogens with zero attached hydrogens (tertiary/aromatic N) is 1. The predicted octanol–water partition coefficient (Wildman–Crippen LogP) is 3.56. The lowest BCUT2D eigenvalue weighted by Crippen LogP contribution is -2.31. The van der Waals surface area contributed by atoms with Crippen LogP contribution in [0.25, 0.3) is 5.76 Å². The fourth-order valence-corrected chi connectivity index (χ4v) is 3.47. The minimum absolute atomic E-state index is 0.0733. The number of Topliss-reactive ketones (excluding diaryl/α,β-unsaturated/α-hetero) is 1. The summed E-state index contributed by atoms with van der Waals surface area (Å²) in [4.78, 5) is 26.8. The van der Waals surface area contributed by atoms with E-state index < -0.39 is 17.7 Å². The van der Waals surface area contributed by atoms with Crippen LogP contribution in [0.15, 0.2) is 58.6 Å².